The molecule has 28 heavy (non-hydrogen) atoms. The van der Waals surface area contributed by atoms with Gasteiger partial charge in [0.1, 0.15) is 12.1 Å². The van der Waals surface area contributed by atoms with Crippen molar-refractivity contribution in [3.63, 3.8) is 0 Å². The van der Waals surface area contributed by atoms with E-state index in [2.05, 4.69) is 34.0 Å². The Hall–Kier alpha value is -2.47. The van der Waals surface area contributed by atoms with E-state index in [0.717, 1.165) is 50.5 Å². The van der Waals surface area contributed by atoms with Crippen LogP contribution in [0.25, 0.3) is 0 Å². The molecule has 6 nitrogen and oxygen atoms in total. The number of aromatic nitrogens is 2. The SMILES string of the molecule is CN1CCN(C(=O)CCc2ccccc2)C[C@H](Cc2cc(N(C)C)ncn2)C1. The lowest BCUT2D eigenvalue weighted by molar-refractivity contribution is -0.131. The number of carbonyl (C=O) groups excluding carboxylic acids is 1. The Morgan fingerprint density at radius 1 is 1.14 bits per heavy atom. The van der Waals surface area contributed by atoms with Crippen molar-refractivity contribution in [3.8, 4) is 0 Å². The molecule has 0 radical (unpaired) electrons. The van der Waals surface area contributed by atoms with Crippen LogP contribution in [-0.4, -0.2) is 73.0 Å². The molecule has 1 atom stereocenters. The first kappa shape index (κ1) is 20.3. The van der Waals surface area contributed by atoms with Gasteiger partial charge < -0.3 is 14.7 Å². The topological polar surface area (TPSA) is 52.6 Å². The van der Waals surface area contributed by atoms with Crippen LogP contribution in [-0.2, 0) is 17.6 Å². The average molecular weight is 382 g/mol. The van der Waals surface area contributed by atoms with E-state index in [-0.39, 0.29) is 5.91 Å². The molecule has 3 rings (SSSR count). The molecule has 0 N–H and O–H groups in total. The Bertz CT molecular complexity index is 765. The van der Waals surface area contributed by atoms with Gasteiger partial charge in [-0.1, -0.05) is 30.3 Å². The number of anilines is 1. The van der Waals surface area contributed by atoms with Gasteiger partial charge in [0, 0.05) is 58.5 Å². The van der Waals surface area contributed by atoms with Gasteiger partial charge in [-0.3, -0.25) is 4.79 Å². The quantitative estimate of drug-likeness (QED) is 0.767. The number of amides is 1. The number of likely N-dealkylation sites (N-methyl/N-ethyl adjacent to an activating group) is 1. The second kappa shape index (κ2) is 9.64. The third-order valence-electron chi connectivity index (χ3n) is 5.29. The highest BCUT2D eigenvalue weighted by Gasteiger charge is 2.24. The molecule has 2 heterocycles. The predicted octanol–water partition coefficient (Wildman–Crippen LogP) is 2.11. The van der Waals surface area contributed by atoms with Crippen molar-refractivity contribution in [1.29, 1.82) is 0 Å². The zero-order valence-corrected chi connectivity index (χ0v) is 17.2. The molecule has 6 heteroatoms. The fourth-order valence-electron chi connectivity index (χ4n) is 3.73. The highest BCUT2D eigenvalue weighted by molar-refractivity contribution is 5.76. The molecule has 0 saturated carbocycles. The summed E-state index contributed by atoms with van der Waals surface area (Å²) in [6, 6.07) is 12.3. The molecular formula is C22H31N5O. The van der Waals surface area contributed by atoms with Crippen LogP contribution in [0.4, 0.5) is 5.82 Å². The van der Waals surface area contributed by atoms with E-state index in [1.54, 1.807) is 6.33 Å². The maximum Gasteiger partial charge on any atom is 0.222 e. The third-order valence-corrected chi connectivity index (χ3v) is 5.29. The summed E-state index contributed by atoms with van der Waals surface area (Å²) in [5.74, 6) is 1.54. The van der Waals surface area contributed by atoms with Gasteiger partial charge in [-0.15, -0.1) is 0 Å². The molecule has 0 bridgehead atoms. The lowest BCUT2D eigenvalue weighted by Crippen LogP contribution is -2.36. The van der Waals surface area contributed by atoms with Crippen molar-refractivity contribution in [2.45, 2.75) is 19.3 Å². The number of rotatable bonds is 6. The first-order chi connectivity index (χ1) is 13.5. The van der Waals surface area contributed by atoms with Crippen molar-refractivity contribution in [2.75, 3.05) is 52.2 Å². The summed E-state index contributed by atoms with van der Waals surface area (Å²) in [5.41, 5.74) is 2.26. The molecule has 2 aromatic rings. The molecule has 1 aliphatic rings. The molecule has 1 fully saturated rings. The van der Waals surface area contributed by atoms with E-state index < -0.39 is 0 Å². The first-order valence-electron chi connectivity index (χ1n) is 9.99. The van der Waals surface area contributed by atoms with Crippen LogP contribution in [0.15, 0.2) is 42.7 Å². The normalized spacial score (nSPS) is 18.0. The van der Waals surface area contributed by atoms with Gasteiger partial charge in [0.25, 0.3) is 0 Å². The van der Waals surface area contributed by atoms with Gasteiger partial charge >= 0.3 is 0 Å². The molecule has 1 saturated heterocycles. The Morgan fingerprint density at radius 2 is 1.93 bits per heavy atom. The smallest absolute Gasteiger partial charge is 0.222 e. The van der Waals surface area contributed by atoms with E-state index in [1.807, 2.05) is 48.2 Å². The fourth-order valence-corrected chi connectivity index (χ4v) is 3.73. The molecule has 150 valence electrons. The van der Waals surface area contributed by atoms with Crippen LogP contribution in [0.2, 0.25) is 0 Å². The van der Waals surface area contributed by atoms with E-state index in [9.17, 15) is 4.79 Å². The Labute approximate surface area is 168 Å². The minimum atomic E-state index is 0.251. The van der Waals surface area contributed by atoms with Crippen LogP contribution in [0, 0.1) is 5.92 Å². The molecule has 0 aliphatic carbocycles. The van der Waals surface area contributed by atoms with Crippen molar-refractivity contribution >= 4 is 11.7 Å². The van der Waals surface area contributed by atoms with Crippen LogP contribution in [0.1, 0.15) is 17.7 Å². The lowest BCUT2D eigenvalue weighted by atomic mass is 10.0. The summed E-state index contributed by atoms with van der Waals surface area (Å²) < 4.78 is 0. The summed E-state index contributed by atoms with van der Waals surface area (Å²) in [6.07, 6.45) is 3.86. The summed E-state index contributed by atoms with van der Waals surface area (Å²) >= 11 is 0. The fraction of sp³-hybridized carbons (Fsp3) is 0.500. The Kier molecular flexibility index (Phi) is 6.98. The molecule has 1 aliphatic heterocycles. The summed E-state index contributed by atoms with van der Waals surface area (Å²) in [4.78, 5) is 28.0. The van der Waals surface area contributed by atoms with Crippen molar-refractivity contribution in [3.05, 3.63) is 54.0 Å². The maximum atomic E-state index is 12.8. The van der Waals surface area contributed by atoms with Gasteiger partial charge in [-0.2, -0.15) is 0 Å². The molecule has 0 spiro atoms. The standard InChI is InChI=1S/C22H31N5O/c1-25(2)21-14-20(23-17-24-21)13-19-15-26(3)11-12-27(16-19)22(28)10-9-18-7-5-4-6-8-18/h4-8,14,17,19H,9-13,15-16H2,1-3H3/t19-/m1/s1. The van der Waals surface area contributed by atoms with E-state index in [4.69, 9.17) is 0 Å². The highest BCUT2D eigenvalue weighted by atomic mass is 16.2. The van der Waals surface area contributed by atoms with Crippen molar-refractivity contribution in [2.24, 2.45) is 5.92 Å². The van der Waals surface area contributed by atoms with Gasteiger partial charge in [-0.25, -0.2) is 9.97 Å². The van der Waals surface area contributed by atoms with E-state index in [0.29, 0.717) is 12.3 Å². The lowest BCUT2D eigenvalue weighted by Gasteiger charge is -2.24. The Morgan fingerprint density at radius 3 is 2.68 bits per heavy atom. The first-order valence-corrected chi connectivity index (χ1v) is 9.99. The molecule has 1 aromatic carbocycles. The minimum Gasteiger partial charge on any atom is -0.363 e. The van der Waals surface area contributed by atoms with Crippen LogP contribution in [0.5, 0.6) is 0 Å². The number of benzene rings is 1. The zero-order valence-electron chi connectivity index (χ0n) is 17.2. The number of hydrogen-bond acceptors (Lipinski definition) is 5. The van der Waals surface area contributed by atoms with Crippen molar-refractivity contribution in [1.82, 2.24) is 19.8 Å². The van der Waals surface area contributed by atoms with Gasteiger partial charge in [0.15, 0.2) is 0 Å². The van der Waals surface area contributed by atoms with Crippen molar-refractivity contribution < 1.29 is 4.79 Å². The molecule has 1 aromatic heterocycles. The monoisotopic (exact) mass is 381 g/mol. The van der Waals surface area contributed by atoms with Gasteiger partial charge in [-0.05, 0) is 31.4 Å². The number of nitrogens with zero attached hydrogens (tertiary/aromatic N) is 5. The Balaban J connectivity index is 1.62. The number of carbonyl (C=O) groups is 1. The minimum absolute atomic E-state index is 0.251. The highest BCUT2D eigenvalue weighted by Crippen LogP contribution is 2.17. The van der Waals surface area contributed by atoms with Crippen LogP contribution in [0.3, 0.4) is 0 Å². The molecule has 0 unspecified atom stereocenters. The molecule has 1 amide bonds. The average Bonchev–Trinajstić information content (AvgIpc) is 2.88. The third kappa shape index (κ3) is 5.76. The van der Waals surface area contributed by atoms with E-state index in [1.165, 1.54) is 5.56 Å². The van der Waals surface area contributed by atoms with Gasteiger partial charge in [0.2, 0.25) is 5.91 Å². The predicted molar refractivity (Wildman–Crippen MR) is 112 cm³/mol. The zero-order chi connectivity index (χ0) is 19.9. The van der Waals surface area contributed by atoms with Crippen LogP contribution >= 0.6 is 0 Å². The second-order valence-corrected chi connectivity index (χ2v) is 7.92. The summed E-state index contributed by atoms with van der Waals surface area (Å²) in [7, 11) is 6.10. The number of hydrogen-bond donors (Lipinski definition) is 0. The number of aryl methyl sites for hydroxylation is 1. The summed E-state index contributed by atoms with van der Waals surface area (Å²) in [5, 5.41) is 0. The molecular weight excluding hydrogens is 350 g/mol. The second-order valence-electron chi connectivity index (χ2n) is 7.92. The largest absolute Gasteiger partial charge is 0.363 e. The maximum absolute atomic E-state index is 12.8. The van der Waals surface area contributed by atoms with Gasteiger partial charge in [0.05, 0.1) is 0 Å². The van der Waals surface area contributed by atoms with Crippen LogP contribution < -0.4 is 4.90 Å². The summed E-state index contributed by atoms with van der Waals surface area (Å²) in [6.45, 7) is 3.48. The van der Waals surface area contributed by atoms with E-state index >= 15 is 0 Å².